The molecule has 0 saturated carbocycles. The van der Waals surface area contributed by atoms with Crippen LogP contribution in [0.2, 0.25) is 5.02 Å². The van der Waals surface area contributed by atoms with E-state index in [1.165, 1.54) is 0 Å². The van der Waals surface area contributed by atoms with Crippen LogP contribution in [-0.4, -0.2) is 38.3 Å². The van der Waals surface area contributed by atoms with Crippen LogP contribution >= 0.6 is 27.5 Å². The third-order valence-electron chi connectivity index (χ3n) is 2.95. The number of rotatable bonds is 3. The van der Waals surface area contributed by atoms with Crippen molar-refractivity contribution < 1.29 is 9.53 Å². The standard InChI is InChI=1S/C12H14BrClN2O2/c1-18-11-6-15-5-10(11)16-12(17)8-4-7(14)2-3-9(8)13/h2-4,10-11,15H,5-6H2,1H3,(H,16,17)/t10-,11-/m0/s1. The Bertz CT molecular complexity index is 456. The molecule has 18 heavy (non-hydrogen) atoms. The van der Waals surface area contributed by atoms with Gasteiger partial charge in [-0.05, 0) is 34.1 Å². The van der Waals surface area contributed by atoms with Gasteiger partial charge in [0.2, 0.25) is 0 Å². The SMILES string of the molecule is CO[C@H]1CNC[C@@H]1NC(=O)c1cc(Cl)ccc1Br. The average molecular weight is 334 g/mol. The maximum Gasteiger partial charge on any atom is 0.252 e. The van der Waals surface area contributed by atoms with Gasteiger partial charge < -0.3 is 15.4 Å². The minimum absolute atomic E-state index is 0.00640. The monoisotopic (exact) mass is 332 g/mol. The second-order valence-electron chi connectivity index (χ2n) is 4.14. The van der Waals surface area contributed by atoms with Crippen LogP contribution in [0, 0.1) is 0 Å². The van der Waals surface area contributed by atoms with Crippen LogP contribution in [0.5, 0.6) is 0 Å². The number of methoxy groups -OCH3 is 1. The van der Waals surface area contributed by atoms with Gasteiger partial charge in [0.25, 0.3) is 5.91 Å². The molecule has 6 heteroatoms. The first-order chi connectivity index (χ1) is 8.61. The molecule has 1 heterocycles. The zero-order chi connectivity index (χ0) is 13.1. The highest BCUT2D eigenvalue weighted by Crippen LogP contribution is 2.21. The van der Waals surface area contributed by atoms with E-state index in [4.69, 9.17) is 16.3 Å². The fraction of sp³-hybridized carbons (Fsp3) is 0.417. The molecule has 0 spiro atoms. The third-order valence-corrected chi connectivity index (χ3v) is 3.88. The van der Waals surface area contributed by atoms with Crippen LogP contribution in [0.3, 0.4) is 0 Å². The number of benzene rings is 1. The fourth-order valence-corrected chi connectivity index (χ4v) is 2.56. The summed E-state index contributed by atoms with van der Waals surface area (Å²) < 4.78 is 6.03. The Morgan fingerprint density at radius 1 is 1.56 bits per heavy atom. The minimum Gasteiger partial charge on any atom is -0.378 e. The maximum atomic E-state index is 12.2. The first kappa shape index (κ1) is 13.8. The van der Waals surface area contributed by atoms with Gasteiger partial charge in [0.15, 0.2) is 0 Å². The summed E-state index contributed by atoms with van der Waals surface area (Å²) in [7, 11) is 1.64. The number of carbonyl (C=O) groups excluding carboxylic acids is 1. The Morgan fingerprint density at radius 3 is 3.06 bits per heavy atom. The van der Waals surface area contributed by atoms with Gasteiger partial charge >= 0.3 is 0 Å². The van der Waals surface area contributed by atoms with E-state index in [9.17, 15) is 4.79 Å². The summed E-state index contributed by atoms with van der Waals surface area (Å²) in [5.41, 5.74) is 0.532. The summed E-state index contributed by atoms with van der Waals surface area (Å²) in [4.78, 5) is 12.2. The Balaban J connectivity index is 2.09. The molecule has 1 aromatic carbocycles. The quantitative estimate of drug-likeness (QED) is 0.887. The highest BCUT2D eigenvalue weighted by Gasteiger charge is 2.28. The molecule has 0 aliphatic carbocycles. The lowest BCUT2D eigenvalue weighted by atomic mass is 10.1. The van der Waals surface area contributed by atoms with E-state index in [1.54, 1.807) is 25.3 Å². The summed E-state index contributed by atoms with van der Waals surface area (Å²) >= 11 is 9.24. The molecule has 4 nitrogen and oxygen atoms in total. The molecule has 1 aromatic rings. The molecule has 1 aliphatic rings. The van der Waals surface area contributed by atoms with E-state index in [1.807, 2.05) is 0 Å². The number of nitrogens with one attached hydrogen (secondary N) is 2. The molecule has 1 saturated heterocycles. The van der Waals surface area contributed by atoms with Crippen molar-refractivity contribution in [2.45, 2.75) is 12.1 Å². The molecular weight excluding hydrogens is 320 g/mol. The molecule has 98 valence electrons. The van der Waals surface area contributed by atoms with Gasteiger partial charge in [-0.1, -0.05) is 11.6 Å². The number of ether oxygens (including phenoxy) is 1. The van der Waals surface area contributed by atoms with Crippen LogP contribution in [0.1, 0.15) is 10.4 Å². The van der Waals surface area contributed by atoms with Crippen LogP contribution in [0.25, 0.3) is 0 Å². The van der Waals surface area contributed by atoms with Crippen molar-refractivity contribution in [2.24, 2.45) is 0 Å². The summed E-state index contributed by atoms with van der Waals surface area (Å²) in [5, 5.41) is 6.67. The molecule has 2 atom stereocenters. The average Bonchev–Trinajstić information content (AvgIpc) is 2.79. The van der Waals surface area contributed by atoms with Gasteiger partial charge in [-0.25, -0.2) is 0 Å². The molecule has 1 amide bonds. The topological polar surface area (TPSA) is 50.4 Å². The van der Waals surface area contributed by atoms with Gasteiger partial charge in [0.05, 0.1) is 17.7 Å². The summed E-state index contributed by atoms with van der Waals surface area (Å²) in [6.45, 7) is 1.46. The van der Waals surface area contributed by atoms with E-state index >= 15 is 0 Å². The second-order valence-corrected chi connectivity index (χ2v) is 5.43. The van der Waals surface area contributed by atoms with Crippen molar-refractivity contribution >= 4 is 33.4 Å². The zero-order valence-corrected chi connectivity index (χ0v) is 12.2. The molecule has 0 unspecified atom stereocenters. The Morgan fingerprint density at radius 2 is 2.33 bits per heavy atom. The molecule has 2 rings (SSSR count). The number of amides is 1. The van der Waals surface area contributed by atoms with E-state index < -0.39 is 0 Å². The van der Waals surface area contributed by atoms with E-state index in [2.05, 4.69) is 26.6 Å². The van der Waals surface area contributed by atoms with Crippen LogP contribution in [0.15, 0.2) is 22.7 Å². The number of hydrogen-bond acceptors (Lipinski definition) is 3. The number of halogens is 2. The van der Waals surface area contributed by atoms with Gasteiger partial charge in [-0.15, -0.1) is 0 Å². The Labute approximate surface area is 119 Å². The van der Waals surface area contributed by atoms with Crippen LogP contribution < -0.4 is 10.6 Å². The van der Waals surface area contributed by atoms with E-state index in [0.29, 0.717) is 17.1 Å². The molecule has 0 radical (unpaired) electrons. The predicted molar refractivity (Wildman–Crippen MR) is 74.1 cm³/mol. The molecular formula is C12H14BrClN2O2. The third kappa shape index (κ3) is 3.03. The van der Waals surface area contributed by atoms with Gasteiger partial charge in [-0.2, -0.15) is 0 Å². The highest BCUT2D eigenvalue weighted by atomic mass is 79.9. The largest absolute Gasteiger partial charge is 0.378 e. The lowest BCUT2D eigenvalue weighted by molar-refractivity contribution is 0.0779. The summed E-state index contributed by atoms with van der Waals surface area (Å²) in [6, 6.07) is 5.12. The Hall–Kier alpha value is -0.620. The second kappa shape index (κ2) is 6.02. The minimum atomic E-state index is -0.153. The fourth-order valence-electron chi connectivity index (χ4n) is 1.96. The lowest BCUT2D eigenvalue weighted by Gasteiger charge is -2.19. The summed E-state index contributed by atoms with van der Waals surface area (Å²) in [5.74, 6) is -0.153. The molecule has 2 N–H and O–H groups in total. The summed E-state index contributed by atoms with van der Waals surface area (Å²) in [6.07, 6.45) is 0.00640. The smallest absolute Gasteiger partial charge is 0.252 e. The number of carbonyl (C=O) groups is 1. The normalized spacial score (nSPS) is 23.1. The van der Waals surface area contributed by atoms with Crippen molar-refractivity contribution in [3.8, 4) is 0 Å². The molecule has 0 bridgehead atoms. The van der Waals surface area contributed by atoms with Crippen molar-refractivity contribution in [1.29, 1.82) is 0 Å². The van der Waals surface area contributed by atoms with Gasteiger partial charge in [-0.3, -0.25) is 4.79 Å². The Kier molecular flexibility index (Phi) is 4.61. The van der Waals surface area contributed by atoms with Crippen LogP contribution in [0.4, 0.5) is 0 Å². The number of hydrogen-bond donors (Lipinski definition) is 2. The molecule has 1 aliphatic heterocycles. The zero-order valence-electron chi connectivity index (χ0n) is 9.87. The first-order valence-electron chi connectivity index (χ1n) is 5.61. The lowest BCUT2D eigenvalue weighted by Crippen LogP contribution is -2.43. The van der Waals surface area contributed by atoms with Crippen molar-refractivity contribution in [3.63, 3.8) is 0 Å². The van der Waals surface area contributed by atoms with Crippen molar-refractivity contribution in [1.82, 2.24) is 10.6 Å². The first-order valence-corrected chi connectivity index (χ1v) is 6.78. The van der Waals surface area contributed by atoms with Crippen molar-refractivity contribution in [2.75, 3.05) is 20.2 Å². The maximum absolute atomic E-state index is 12.2. The molecule has 1 fully saturated rings. The van der Waals surface area contributed by atoms with E-state index in [0.717, 1.165) is 11.0 Å². The molecule has 0 aromatic heterocycles. The van der Waals surface area contributed by atoms with Crippen LogP contribution in [-0.2, 0) is 4.74 Å². The van der Waals surface area contributed by atoms with Gasteiger partial charge in [0.1, 0.15) is 0 Å². The van der Waals surface area contributed by atoms with Crippen molar-refractivity contribution in [3.05, 3.63) is 33.3 Å². The highest BCUT2D eigenvalue weighted by molar-refractivity contribution is 9.10. The van der Waals surface area contributed by atoms with Gasteiger partial charge in [0, 0.05) is 29.7 Å². The predicted octanol–water partition coefficient (Wildman–Crippen LogP) is 1.82. The van der Waals surface area contributed by atoms with E-state index in [-0.39, 0.29) is 18.1 Å².